The van der Waals surface area contributed by atoms with Gasteiger partial charge >= 0.3 is 5.97 Å². The third-order valence-corrected chi connectivity index (χ3v) is 1.94. The van der Waals surface area contributed by atoms with E-state index in [9.17, 15) is 4.79 Å². The number of rotatable bonds is 5. The Morgan fingerprint density at radius 1 is 1.50 bits per heavy atom. The Hall–Kier alpha value is -1.55. The molecule has 0 atom stereocenters. The zero-order valence-corrected chi connectivity index (χ0v) is 9.72. The molecular weight excluding hydrogens is 228 g/mol. The smallest absolute Gasteiger partial charge is 0.351 e. The molecule has 1 aromatic rings. The summed E-state index contributed by atoms with van der Waals surface area (Å²) in [7, 11) is 0. The molecule has 0 radical (unpaired) electrons. The number of carbonyl (C=O) groups is 1. The summed E-state index contributed by atoms with van der Waals surface area (Å²) in [6, 6.07) is 9.60. The molecule has 0 heterocycles. The quantitative estimate of drug-likeness (QED) is 0.343. The molecule has 0 saturated heterocycles. The molecule has 0 saturated carbocycles. The number of nitrogens with zero attached hydrogens (tertiary/aromatic N) is 2. The topological polar surface area (TPSA) is 41.9 Å². The lowest BCUT2D eigenvalue weighted by Crippen LogP contribution is -2.10. The Labute approximate surface area is 99.6 Å². The molecular formula is C11H13ClN2O2. The summed E-state index contributed by atoms with van der Waals surface area (Å²) in [5.41, 5.74) is 1.01. The van der Waals surface area contributed by atoms with E-state index in [0.29, 0.717) is 13.2 Å². The van der Waals surface area contributed by atoms with E-state index in [2.05, 4.69) is 9.84 Å². The van der Waals surface area contributed by atoms with Crippen molar-refractivity contribution in [2.45, 2.75) is 13.5 Å². The van der Waals surface area contributed by atoms with Crippen LogP contribution in [0.15, 0.2) is 35.4 Å². The van der Waals surface area contributed by atoms with Crippen LogP contribution in [0.4, 0.5) is 0 Å². The highest BCUT2D eigenvalue weighted by atomic mass is 35.5. The monoisotopic (exact) mass is 240 g/mol. The van der Waals surface area contributed by atoms with Crippen molar-refractivity contribution >= 4 is 24.0 Å². The zero-order chi connectivity index (χ0) is 11.8. The number of hydrogen-bond acceptors (Lipinski definition) is 4. The fraction of sp³-hybridized carbons (Fsp3) is 0.273. The van der Waals surface area contributed by atoms with Crippen molar-refractivity contribution < 1.29 is 9.53 Å². The molecule has 86 valence electrons. The Bertz CT molecular complexity index is 354. The summed E-state index contributed by atoms with van der Waals surface area (Å²) >= 11 is 5.79. The van der Waals surface area contributed by atoms with Crippen LogP contribution in [0, 0.1) is 0 Å². The van der Waals surface area contributed by atoms with Crippen LogP contribution >= 0.6 is 11.8 Å². The molecule has 0 amide bonds. The van der Waals surface area contributed by atoms with Gasteiger partial charge in [0.25, 0.3) is 0 Å². The molecule has 0 aliphatic heterocycles. The Balaban J connectivity index is 2.41. The Kier molecular flexibility index (Phi) is 5.36. The first-order valence-corrected chi connectivity index (χ1v) is 5.24. The second kappa shape index (κ2) is 6.85. The average Bonchev–Trinajstić information content (AvgIpc) is 2.28. The maximum atomic E-state index is 10.9. The number of halogens is 1. The SMILES string of the molecule is CCOC(=O)C=NN(Cl)Cc1ccccc1. The number of esters is 1. The molecule has 1 rings (SSSR count). The van der Waals surface area contributed by atoms with E-state index in [1.165, 1.54) is 0 Å². The predicted molar refractivity (Wildman–Crippen MR) is 63.0 cm³/mol. The van der Waals surface area contributed by atoms with E-state index in [1.54, 1.807) is 6.92 Å². The second-order valence-corrected chi connectivity index (χ2v) is 3.37. The molecule has 4 nitrogen and oxygen atoms in total. The minimum Gasteiger partial charge on any atom is -0.462 e. The van der Waals surface area contributed by atoms with E-state index in [-0.39, 0.29) is 0 Å². The predicted octanol–water partition coefficient (Wildman–Crippen LogP) is 2.19. The first-order valence-electron chi connectivity index (χ1n) is 4.90. The fourth-order valence-corrected chi connectivity index (χ4v) is 1.25. The lowest BCUT2D eigenvalue weighted by molar-refractivity contribution is -0.134. The maximum absolute atomic E-state index is 10.9. The minimum atomic E-state index is -0.499. The van der Waals surface area contributed by atoms with E-state index in [4.69, 9.17) is 11.8 Å². The van der Waals surface area contributed by atoms with Crippen molar-refractivity contribution in [3.63, 3.8) is 0 Å². The largest absolute Gasteiger partial charge is 0.462 e. The number of carbonyl (C=O) groups excluding carboxylic acids is 1. The molecule has 5 heteroatoms. The van der Waals surface area contributed by atoms with Crippen molar-refractivity contribution in [2.75, 3.05) is 6.61 Å². The number of hydrogen-bond donors (Lipinski definition) is 0. The molecule has 0 unspecified atom stereocenters. The average molecular weight is 241 g/mol. The minimum absolute atomic E-state index is 0.325. The van der Waals surface area contributed by atoms with Gasteiger partial charge in [-0.3, -0.25) is 0 Å². The standard InChI is InChI=1S/C11H13ClN2O2/c1-2-16-11(15)8-13-14(12)9-10-6-4-3-5-7-10/h3-8H,2,9H2,1H3. The molecule has 0 N–H and O–H groups in total. The zero-order valence-electron chi connectivity index (χ0n) is 8.97. The van der Waals surface area contributed by atoms with Crippen molar-refractivity contribution in [3.8, 4) is 0 Å². The van der Waals surface area contributed by atoms with Crippen LogP contribution < -0.4 is 0 Å². The van der Waals surface area contributed by atoms with Gasteiger partial charge in [-0.15, -0.1) is 0 Å². The summed E-state index contributed by atoms with van der Waals surface area (Å²) in [4.78, 5) is 10.9. The van der Waals surface area contributed by atoms with Gasteiger partial charge in [0.05, 0.1) is 13.2 Å². The van der Waals surface area contributed by atoms with Crippen LogP contribution in [-0.4, -0.2) is 23.3 Å². The van der Waals surface area contributed by atoms with E-state index in [1.807, 2.05) is 30.3 Å². The Morgan fingerprint density at radius 2 is 2.19 bits per heavy atom. The summed E-state index contributed by atoms with van der Waals surface area (Å²) in [5, 5.41) is 3.74. The molecule has 16 heavy (non-hydrogen) atoms. The fourth-order valence-electron chi connectivity index (χ4n) is 1.06. The third kappa shape index (κ3) is 4.79. The van der Waals surface area contributed by atoms with E-state index in [0.717, 1.165) is 16.3 Å². The molecule has 0 bridgehead atoms. The highest BCUT2D eigenvalue weighted by Gasteiger charge is 2.00. The highest BCUT2D eigenvalue weighted by molar-refractivity contribution is 6.23. The van der Waals surface area contributed by atoms with E-state index >= 15 is 0 Å². The number of benzene rings is 1. The highest BCUT2D eigenvalue weighted by Crippen LogP contribution is 2.06. The van der Waals surface area contributed by atoms with Crippen LogP contribution in [0.3, 0.4) is 0 Å². The number of hydrazone groups is 1. The lowest BCUT2D eigenvalue weighted by atomic mass is 10.2. The van der Waals surface area contributed by atoms with Crippen LogP contribution in [-0.2, 0) is 16.1 Å². The molecule has 0 fully saturated rings. The summed E-state index contributed by atoms with van der Waals surface area (Å²) < 4.78 is 5.83. The summed E-state index contributed by atoms with van der Waals surface area (Å²) in [6.07, 6.45) is 1.06. The molecule has 1 aromatic carbocycles. The van der Waals surface area contributed by atoms with Gasteiger partial charge in [-0.2, -0.15) is 5.10 Å². The van der Waals surface area contributed by atoms with Gasteiger partial charge in [0.1, 0.15) is 6.21 Å². The normalized spacial score (nSPS) is 10.4. The van der Waals surface area contributed by atoms with Gasteiger partial charge in [-0.25, -0.2) is 9.32 Å². The summed E-state index contributed by atoms with van der Waals surface area (Å²) in [6.45, 7) is 2.48. The third-order valence-electron chi connectivity index (χ3n) is 1.73. The van der Waals surface area contributed by atoms with E-state index < -0.39 is 5.97 Å². The Morgan fingerprint density at radius 3 is 2.81 bits per heavy atom. The van der Waals surface area contributed by atoms with Gasteiger partial charge in [-0.1, -0.05) is 30.3 Å². The molecule has 0 aliphatic rings. The van der Waals surface area contributed by atoms with Gasteiger partial charge in [0.2, 0.25) is 0 Å². The van der Waals surface area contributed by atoms with Crippen LogP contribution in [0.25, 0.3) is 0 Å². The van der Waals surface area contributed by atoms with Gasteiger partial charge in [0.15, 0.2) is 0 Å². The lowest BCUT2D eigenvalue weighted by Gasteiger charge is -2.08. The molecule has 0 spiro atoms. The number of ether oxygens (including phenoxy) is 1. The first kappa shape index (κ1) is 12.5. The van der Waals surface area contributed by atoms with Gasteiger partial charge < -0.3 is 4.74 Å². The molecule has 0 aromatic heterocycles. The summed E-state index contributed by atoms with van der Waals surface area (Å²) in [5.74, 6) is -0.499. The van der Waals surface area contributed by atoms with Crippen LogP contribution in [0.5, 0.6) is 0 Å². The second-order valence-electron chi connectivity index (χ2n) is 2.98. The first-order chi connectivity index (χ1) is 7.72. The van der Waals surface area contributed by atoms with Crippen molar-refractivity contribution in [1.82, 2.24) is 4.53 Å². The molecule has 0 aliphatic carbocycles. The van der Waals surface area contributed by atoms with Crippen molar-refractivity contribution in [2.24, 2.45) is 5.10 Å². The van der Waals surface area contributed by atoms with Crippen molar-refractivity contribution in [1.29, 1.82) is 0 Å². The van der Waals surface area contributed by atoms with Crippen LogP contribution in [0.1, 0.15) is 12.5 Å². The van der Waals surface area contributed by atoms with Crippen LogP contribution in [0.2, 0.25) is 0 Å². The van der Waals surface area contributed by atoms with Crippen molar-refractivity contribution in [3.05, 3.63) is 35.9 Å². The maximum Gasteiger partial charge on any atom is 0.351 e. The van der Waals surface area contributed by atoms with Gasteiger partial charge in [-0.05, 0) is 12.5 Å². The van der Waals surface area contributed by atoms with Gasteiger partial charge in [0, 0.05) is 11.8 Å².